The SMILES string of the molecule is CCCOc1ccc(C(=O)NC2CCC(O)CC2)cc1OCCC. The Kier molecular flexibility index (Phi) is 7.37. The zero-order valence-corrected chi connectivity index (χ0v) is 14.7. The molecular formula is C19H29NO4. The third kappa shape index (κ3) is 5.41. The van der Waals surface area contributed by atoms with Gasteiger partial charge in [-0.1, -0.05) is 13.8 Å². The molecule has 1 saturated carbocycles. The maximum absolute atomic E-state index is 12.5. The van der Waals surface area contributed by atoms with Crippen LogP contribution in [-0.2, 0) is 0 Å². The normalized spacial score (nSPS) is 20.5. The second-order valence-electron chi connectivity index (χ2n) is 6.34. The summed E-state index contributed by atoms with van der Waals surface area (Å²) in [6, 6.07) is 5.47. The molecule has 0 atom stereocenters. The van der Waals surface area contributed by atoms with E-state index in [9.17, 15) is 9.90 Å². The molecule has 0 bridgehead atoms. The number of amides is 1. The van der Waals surface area contributed by atoms with Crippen LogP contribution in [0.4, 0.5) is 0 Å². The van der Waals surface area contributed by atoms with Gasteiger partial charge in [-0.05, 0) is 56.7 Å². The maximum Gasteiger partial charge on any atom is 0.251 e. The van der Waals surface area contributed by atoms with E-state index in [4.69, 9.17) is 9.47 Å². The van der Waals surface area contributed by atoms with Crippen LogP contribution in [0.1, 0.15) is 62.7 Å². The van der Waals surface area contributed by atoms with Crippen molar-refractivity contribution in [2.24, 2.45) is 0 Å². The zero-order chi connectivity index (χ0) is 17.4. The summed E-state index contributed by atoms with van der Waals surface area (Å²) in [5, 5.41) is 12.6. The molecule has 5 nitrogen and oxygen atoms in total. The van der Waals surface area contributed by atoms with Crippen LogP contribution in [0.15, 0.2) is 18.2 Å². The van der Waals surface area contributed by atoms with Gasteiger partial charge >= 0.3 is 0 Å². The van der Waals surface area contributed by atoms with Crippen molar-refractivity contribution in [3.8, 4) is 11.5 Å². The van der Waals surface area contributed by atoms with Crippen LogP contribution in [0.25, 0.3) is 0 Å². The number of ether oxygens (including phenoxy) is 2. The number of carbonyl (C=O) groups excluding carboxylic acids is 1. The van der Waals surface area contributed by atoms with E-state index in [0.717, 1.165) is 38.5 Å². The topological polar surface area (TPSA) is 67.8 Å². The summed E-state index contributed by atoms with van der Waals surface area (Å²) in [7, 11) is 0. The molecule has 0 spiro atoms. The number of hydrogen-bond acceptors (Lipinski definition) is 4. The fraction of sp³-hybridized carbons (Fsp3) is 0.632. The summed E-state index contributed by atoms with van der Waals surface area (Å²) in [4.78, 5) is 12.5. The molecule has 1 aliphatic rings. The second kappa shape index (κ2) is 9.52. The Labute approximate surface area is 144 Å². The van der Waals surface area contributed by atoms with Gasteiger partial charge in [-0.3, -0.25) is 4.79 Å². The van der Waals surface area contributed by atoms with E-state index < -0.39 is 0 Å². The number of hydrogen-bond donors (Lipinski definition) is 2. The summed E-state index contributed by atoms with van der Waals surface area (Å²) in [5.74, 6) is 1.21. The average Bonchev–Trinajstić information content (AvgIpc) is 2.60. The average molecular weight is 335 g/mol. The third-order valence-corrected chi connectivity index (χ3v) is 4.16. The minimum absolute atomic E-state index is 0.0974. The van der Waals surface area contributed by atoms with E-state index >= 15 is 0 Å². The number of nitrogens with one attached hydrogen (secondary N) is 1. The summed E-state index contributed by atoms with van der Waals surface area (Å²) in [5.41, 5.74) is 0.580. The Morgan fingerprint density at radius 2 is 1.71 bits per heavy atom. The molecule has 1 amide bonds. The predicted octanol–water partition coefficient (Wildman–Crippen LogP) is 3.30. The summed E-state index contributed by atoms with van der Waals surface area (Å²) in [6.45, 7) is 5.31. The number of aliphatic hydroxyl groups is 1. The first-order valence-electron chi connectivity index (χ1n) is 9.02. The van der Waals surface area contributed by atoms with Crippen molar-refractivity contribution in [2.45, 2.75) is 64.5 Å². The Balaban J connectivity index is 2.03. The van der Waals surface area contributed by atoms with Crippen LogP contribution in [-0.4, -0.2) is 36.4 Å². The highest BCUT2D eigenvalue weighted by atomic mass is 16.5. The Bertz CT molecular complexity index is 524. The third-order valence-electron chi connectivity index (χ3n) is 4.16. The lowest BCUT2D eigenvalue weighted by atomic mass is 9.93. The van der Waals surface area contributed by atoms with Gasteiger partial charge in [0.25, 0.3) is 5.91 Å². The number of rotatable bonds is 8. The van der Waals surface area contributed by atoms with Crippen LogP contribution in [0.5, 0.6) is 11.5 Å². The molecule has 1 aromatic carbocycles. The van der Waals surface area contributed by atoms with E-state index in [-0.39, 0.29) is 18.1 Å². The fourth-order valence-corrected chi connectivity index (χ4v) is 2.79. The number of carbonyl (C=O) groups is 1. The highest BCUT2D eigenvalue weighted by molar-refractivity contribution is 5.95. The molecule has 1 aliphatic carbocycles. The molecular weight excluding hydrogens is 306 g/mol. The van der Waals surface area contributed by atoms with Crippen LogP contribution in [0, 0.1) is 0 Å². The fourth-order valence-electron chi connectivity index (χ4n) is 2.79. The minimum Gasteiger partial charge on any atom is -0.490 e. The molecule has 24 heavy (non-hydrogen) atoms. The van der Waals surface area contributed by atoms with Crippen molar-refractivity contribution in [1.82, 2.24) is 5.32 Å². The van der Waals surface area contributed by atoms with E-state index in [2.05, 4.69) is 12.2 Å². The van der Waals surface area contributed by atoms with E-state index in [1.807, 2.05) is 6.92 Å². The monoisotopic (exact) mass is 335 g/mol. The van der Waals surface area contributed by atoms with Gasteiger partial charge in [0.15, 0.2) is 11.5 Å². The number of aliphatic hydroxyl groups excluding tert-OH is 1. The van der Waals surface area contributed by atoms with Gasteiger partial charge in [-0.25, -0.2) is 0 Å². The van der Waals surface area contributed by atoms with Gasteiger partial charge in [-0.2, -0.15) is 0 Å². The molecule has 5 heteroatoms. The van der Waals surface area contributed by atoms with Crippen molar-refractivity contribution in [2.75, 3.05) is 13.2 Å². The van der Waals surface area contributed by atoms with E-state index in [0.29, 0.717) is 30.3 Å². The molecule has 1 aromatic rings. The quantitative estimate of drug-likeness (QED) is 0.765. The molecule has 0 aromatic heterocycles. The summed E-state index contributed by atoms with van der Waals surface area (Å²) < 4.78 is 11.4. The predicted molar refractivity (Wildman–Crippen MR) is 93.7 cm³/mol. The zero-order valence-electron chi connectivity index (χ0n) is 14.7. The van der Waals surface area contributed by atoms with Crippen molar-refractivity contribution >= 4 is 5.91 Å². The lowest BCUT2D eigenvalue weighted by molar-refractivity contribution is 0.0867. The van der Waals surface area contributed by atoms with Crippen LogP contribution in [0.3, 0.4) is 0 Å². The molecule has 2 rings (SSSR count). The van der Waals surface area contributed by atoms with Gasteiger partial charge in [-0.15, -0.1) is 0 Å². The highest BCUT2D eigenvalue weighted by Gasteiger charge is 2.21. The van der Waals surface area contributed by atoms with Crippen molar-refractivity contribution < 1.29 is 19.4 Å². The lowest BCUT2D eigenvalue weighted by Gasteiger charge is -2.26. The molecule has 0 radical (unpaired) electrons. The smallest absolute Gasteiger partial charge is 0.251 e. The van der Waals surface area contributed by atoms with Gasteiger partial charge in [0.1, 0.15) is 0 Å². The van der Waals surface area contributed by atoms with E-state index in [1.165, 1.54) is 0 Å². The Morgan fingerprint density at radius 3 is 2.33 bits per heavy atom. The Morgan fingerprint density at radius 1 is 1.08 bits per heavy atom. The lowest BCUT2D eigenvalue weighted by Crippen LogP contribution is -2.38. The molecule has 0 unspecified atom stereocenters. The van der Waals surface area contributed by atoms with E-state index in [1.54, 1.807) is 18.2 Å². The first-order chi connectivity index (χ1) is 11.6. The maximum atomic E-state index is 12.5. The molecule has 2 N–H and O–H groups in total. The van der Waals surface area contributed by atoms with Gasteiger partial charge in [0, 0.05) is 11.6 Å². The molecule has 1 fully saturated rings. The molecule has 0 aliphatic heterocycles. The molecule has 0 saturated heterocycles. The summed E-state index contributed by atoms with van der Waals surface area (Å²) in [6.07, 6.45) is 4.74. The molecule has 134 valence electrons. The van der Waals surface area contributed by atoms with Crippen molar-refractivity contribution in [3.63, 3.8) is 0 Å². The first-order valence-corrected chi connectivity index (χ1v) is 9.02. The van der Waals surface area contributed by atoms with Crippen LogP contribution in [0.2, 0.25) is 0 Å². The van der Waals surface area contributed by atoms with Crippen molar-refractivity contribution in [1.29, 1.82) is 0 Å². The van der Waals surface area contributed by atoms with Crippen LogP contribution < -0.4 is 14.8 Å². The van der Waals surface area contributed by atoms with Gasteiger partial charge in [0.05, 0.1) is 19.3 Å². The second-order valence-corrected chi connectivity index (χ2v) is 6.34. The molecule has 0 heterocycles. The van der Waals surface area contributed by atoms with Gasteiger partial charge < -0.3 is 19.9 Å². The summed E-state index contributed by atoms with van der Waals surface area (Å²) >= 11 is 0. The standard InChI is InChI=1S/C19H29NO4/c1-3-11-23-17-10-5-14(13-18(17)24-12-4-2)19(22)20-15-6-8-16(21)9-7-15/h5,10,13,15-16,21H,3-4,6-9,11-12H2,1-2H3,(H,20,22). The largest absolute Gasteiger partial charge is 0.490 e. The Hall–Kier alpha value is -1.75. The minimum atomic E-state index is -0.220. The first kappa shape index (κ1) is 18.6. The van der Waals surface area contributed by atoms with Crippen molar-refractivity contribution in [3.05, 3.63) is 23.8 Å². The van der Waals surface area contributed by atoms with Gasteiger partial charge in [0.2, 0.25) is 0 Å². The highest BCUT2D eigenvalue weighted by Crippen LogP contribution is 2.29. The number of benzene rings is 1. The van der Waals surface area contributed by atoms with Crippen LogP contribution >= 0.6 is 0 Å².